The maximum absolute atomic E-state index is 4.88. The summed E-state index contributed by atoms with van der Waals surface area (Å²) in [5, 5.41) is 3.31. The Kier molecular flexibility index (Phi) is 4.34. The average Bonchev–Trinajstić information content (AvgIpc) is 3.32. The van der Waals surface area contributed by atoms with Crippen molar-refractivity contribution in [1.82, 2.24) is 14.5 Å². The van der Waals surface area contributed by atoms with Crippen LogP contribution in [-0.2, 0) is 6.42 Å². The quantitative estimate of drug-likeness (QED) is 0.706. The fourth-order valence-electron chi connectivity index (χ4n) is 3.46. The summed E-state index contributed by atoms with van der Waals surface area (Å²) in [5.74, 6) is 1.19. The number of thiazole rings is 1. The van der Waals surface area contributed by atoms with Gasteiger partial charge in [0.05, 0.1) is 11.7 Å². The molecule has 1 unspecified atom stereocenters. The first-order valence-corrected chi connectivity index (χ1v) is 9.50. The molecule has 1 fully saturated rings. The smallest absolute Gasteiger partial charge is 0.185 e. The molecule has 24 heavy (non-hydrogen) atoms. The van der Waals surface area contributed by atoms with Crippen LogP contribution in [0.3, 0.4) is 0 Å². The monoisotopic (exact) mass is 338 g/mol. The van der Waals surface area contributed by atoms with Crippen molar-refractivity contribution < 1.29 is 0 Å². The van der Waals surface area contributed by atoms with Crippen molar-refractivity contribution in [2.75, 3.05) is 18.0 Å². The van der Waals surface area contributed by atoms with Gasteiger partial charge < -0.3 is 9.47 Å². The van der Waals surface area contributed by atoms with Crippen LogP contribution >= 0.6 is 11.3 Å². The topological polar surface area (TPSA) is 34.0 Å². The van der Waals surface area contributed by atoms with Gasteiger partial charge in [0.2, 0.25) is 0 Å². The Hall–Kier alpha value is -2.14. The van der Waals surface area contributed by atoms with Gasteiger partial charge in [0.25, 0.3) is 0 Å². The third-order valence-corrected chi connectivity index (χ3v) is 5.59. The fraction of sp³-hybridized carbons (Fsp3) is 0.368. The summed E-state index contributed by atoms with van der Waals surface area (Å²) in [6.07, 6.45) is 7.46. The molecule has 124 valence electrons. The van der Waals surface area contributed by atoms with Crippen LogP contribution < -0.4 is 4.90 Å². The highest BCUT2D eigenvalue weighted by Crippen LogP contribution is 2.32. The standard InChI is InChI=1S/C19H22N4S/c1-2-18-20-10-12-23(18)16-9-6-11-22(13-16)19-21-17(14-24-19)15-7-4-3-5-8-15/h3-5,7-8,10,12,14,16H,2,6,9,11,13H2,1H3. The van der Waals surface area contributed by atoms with E-state index in [1.165, 1.54) is 24.2 Å². The number of hydrogen-bond donors (Lipinski definition) is 0. The van der Waals surface area contributed by atoms with Crippen molar-refractivity contribution >= 4 is 16.5 Å². The van der Waals surface area contributed by atoms with Gasteiger partial charge in [-0.25, -0.2) is 9.97 Å². The summed E-state index contributed by atoms with van der Waals surface area (Å²) in [6, 6.07) is 10.9. The number of aryl methyl sites for hydroxylation is 1. The molecular formula is C19H22N4S. The molecule has 2 aromatic heterocycles. The lowest BCUT2D eigenvalue weighted by Gasteiger charge is -2.33. The molecule has 1 aliphatic rings. The molecule has 0 saturated carbocycles. The molecule has 5 heteroatoms. The van der Waals surface area contributed by atoms with E-state index in [9.17, 15) is 0 Å². The second-order valence-electron chi connectivity index (χ2n) is 6.23. The van der Waals surface area contributed by atoms with Crippen LogP contribution in [-0.4, -0.2) is 27.6 Å². The Bertz CT molecular complexity index is 793. The molecule has 0 aliphatic carbocycles. The van der Waals surface area contributed by atoms with E-state index < -0.39 is 0 Å². The van der Waals surface area contributed by atoms with Crippen molar-refractivity contribution in [3.8, 4) is 11.3 Å². The second kappa shape index (κ2) is 6.77. The first kappa shape index (κ1) is 15.4. The zero-order chi connectivity index (χ0) is 16.4. The predicted octanol–water partition coefficient (Wildman–Crippen LogP) is 4.41. The molecule has 1 aromatic carbocycles. The molecule has 4 rings (SSSR count). The van der Waals surface area contributed by atoms with Gasteiger partial charge in [0.1, 0.15) is 5.82 Å². The van der Waals surface area contributed by atoms with Crippen molar-refractivity contribution in [1.29, 1.82) is 0 Å². The third-order valence-electron chi connectivity index (χ3n) is 4.69. The van der Waals surface area contributed by atoms with Crippen LogP contribution in [0, 0.1) is 0 Å². The minimum Gasteiger partial charge on any atom is -0.346 e. The molecule has 1 aliphatic heterocycles. The Morgan fingerprint density at radius 3 is 2.96 bits per heavy atom. The van der Waals surface area contributed by atoms with E-state index in [2.05, 4.69) is 57.2 Å². The van der Waals surface area contributed by atoms with Crippen molar-refractivity contribution in [3.05, 3.63) is 53.9 Å². The third kappa shape index (κ3) is 2.96. The van der Waals surface area contributed by atoms with E-state index in [4.69, 9.17) is 4.98 Å². The predicted molar refractivity (Wildman–Crippen MR) is 99.6 cm³/mol. The van der Waals surface area contributed by atoms with E-state index in [0.29, 0.717) is 6.04 Å². The van der Waals surface area contributed by atoms with Gasteiger partial charge in [0, 0.05) is 42.8 Å². The van der Waals surface area contributed by atoms with Gasteiger partial charge in [0.15, 0.2) is 5.13 Å². The largest absolute Gasteiger partial charge is 0.346 e. The summed E-state index contributed by atoms with van der Waals surface area (Å²) in [4.78, 5) is 11.8. The van der Waals surface area contributed by atoms with Crippen LogP contribution in [0.15, 0.2) is 48.1 Å². The van der Waals surface area contributed by atoms with Crippen molar-refractivity contribution in [3.63, 3.8) is 0 Å². The highest BCUT2D eigenvalue weighted by molar-refractivity contribution is 7.14. The van der Waals surface area contributed by atoms with Crippen LogP contribution in [0.25, 0.3) is 11.3 Å². The van der Waals surface area contributed by atoms with Crippen LogP contribution in [0.2, 0.25) is 0 Å². The Labute approximate surface area is 146 Å². The highest BCUT2D eigenvalue weighted by Gasteiger charge is 2.24. The number of nitrogens with zero attached hydrogens (tertiary/aromatic N) is 4. The Morgan fingerprint density at radius 1 is 1.25 bits per heavy atom. The molecule has 1 atom stereocenters. The number of hydrogen-bond acceptors (Lipinski definition) is 4. The summed E-state index contributed by atoms with van der Waals surface area (Å²) in [7, 11) is 0. The van der Waals surface area contributed by atoms with E-state index in [-0.39, 0.29) is 0 Å². The minimum absolute atomic E-state index is 0.500. The molecule has 3 aromatic rings. The zero-order valence-electron chi connectivity index (χ0n) is 13.9. The molecule has 0 radical (unpaired) electrons. The normalized spacial score (nSPS) is 18.0. The molecule has 0 spiro atoms. The second-order valence-corrected chi connectivity index (χ2v) is 7.06. The summed E-state index contributed by atoms with van der Waals surface area (Å²) >= 11 is 1.75. The molecule has 0 amide bonds. The molecule has 0 N–H and O–H groups in total. The Balaban J connectivity index is 1.54. The molecule has 0 bridgehead atoms. The number of aromatic nitrogens is 3. The van der Waals surface area contributed by atoms with Gasteiger partial charge in [-0.05, 0) is 12.8 Å². The highest BCUT2D eigenvalue weighted by atomic mass is 32.1. The van der Waals surface area contributed by atoms with Gasteiger partial charge in [-0.1, -0.05) is 37.3 Å². The molecule has 3 heterocycles. The van der Waals surface area contributed by atoms with E-state index in [1.54, 1.807) is 11.3 Å². The van der Waals surface area contributed by atoms with E-state index in [0.717, 1.165) is 30.3 Å². The van der Waals surface area contributed by atoms with Crippen LogP contribution in [0.4, 0.5) is 5.13 Å². The fourth-order valence-corrected chi connectivity index (χ4v) is 4.33. The van der Waals surface area contributed by atoms with Crippen LogP contribution in [0.1, 0.15) is 31.6 Å². The van der Waals surface area contributed by atoms with Gasteiger partial charge >= 0.3 is 0 Å². The first-order chi connectivity index (χ1) is 11.8. The maximum Gasteiger partial charge on any atom is 0.185 e. The molecule has 1 saturated heterocycles. The maximum atomic E-state index is 4.88. The SMILES string of the molecule is CCc1nccn1C1CCCN(c2nc(-c3ccccc3)cs2)C1. The molecule has 4 nitrogen and oxygen atoms in total. The first-order valence-electron chi connectivity index (χ1n) is 8.62. The van der Waals surface area contributed by atoms with Crippen LogP contribution in [0.5, 0.6) is 0 Å². The summed E-state index contributed by atoms with van der Waals surface area (Å²) < 4.78 is 2.36. The van der Waals surface area contributed by atoms with Crippen molar-refractivity contribution in [2.45, 2.75) is 32.2 Å². The van der Waals surface area contributed by atoms with Gasteiger partial charge in [-0.3, -0.25) is 0 Å². The van der Waals surface area contributed by atoms with Gasteiger partial charge in [-0.2, -0.15) is 0 Å². The number of rotatable bonds is 4. The zero-order valence-corrected chi connectivity index (χ0v) is 14.7. The lowest BCUT2D eigenvalue weighted by atomic mass is 10.1. The lowest BCUT2D eigenvalue weighted by Crippen LogP contribution is -2.36. The van der Waals surface area contributed by atoms with Gasteiger partial charge in [-0.15, -0.1) is 11.3 Å². The number of benzene rings is 1. The van der Waals surface area contributed by atoms with Crippen molar-refractivity contribution in [2.24, 2.45) is 0 Å². The minimum atomic E-state index is 0.500. The number of piperidine rings is 1. The Morgan fingerprint density at radius 2 is 2.12 bits per heavy atom. The number of anilines is 1. The summed E-state index contributed by atoms with van der Waals surface area (Å²) in [5.41, 5.74) is 2.27. The average molecular weight is 338 g/mol. The molecular weight excluding hydrogens is 316 g/mol. The van der Waals surface area contributed by atoms with E-state index in [1.807, 2.05) is 12.3 Å². The summed E-state index contributed by atoms with van der Waals surface area (Å²) in [6.45, 7) is 4.28. The van der Waals surface area contributed by atoms with E-state index >= 15 is 0 Å². The number of imidazole rings is 1. The lowest BCUT2D eigenvalue weighted by molar-refractivity contribution is 0.396.